The molecule has 0 spiro atoms. The predicted octanol–water partition coefficient (Wildman–Crippen LogP) is 1.60. The van der Waals surface area contributed by atoms with Gasteiger partial charge in [-0.15, -0.1) is 0 Å². The van der Waals surface area contributed by atoms with E-state index in [1.165, 1.54) is 24.4 Å². The van der Waals surface area contributed by atoms with Crippen LogP contribution in [0.15, 0.2) is 36.5 Å². The van der Waals surface area contributed by atoms with E-state index in [4.69, 9.17) is 23.1 Å². The molecule has 1 aromatic heterocycles. The van der Waals surface area contributed by atoms with Crippen molar-refractivity contribution in [2.24, 2.45) is 5.73 Å². The summed E-state index contributed by atoms with van der Waals surface area (Å²) in [6.07, 6.45) is 1.54. The summed E-state index contributed by atoms with van der Waals surface area (Å²) in [5.41, 5.74) is 12.4. The molecule has 21 heavy (non-hydrogen) atoms. The van der Waals surface area contributed by atoms with Crippen molar-refractivity contribution in [2.75, 3.05) is 11.1 Å². The molecule has 7 heteroatoms. The molecule has 2 rings (SSSR count). The Hall–Kier alpha value is -2.60. The van der Waals surface area contributed by atoms with Gasteiger partial charge >= 0.3 is 0 Å². The fourth-order valence-electron chi connectivity index (χ4n) is 1.67. The highest BCUT2D eigenvalue weighted by Gasteiger charge is 2.10. The molecule has 0 saturated heterocycles. The molecule has 0 aliphatic carbocycles. The van der Waals surface area contributed by atoms with E-state index in [-0.39, 0.29) is 17.9 Å². The number of anilines is 2. The maximum absolute atomic E-state index is 11.9. The van der Waals surface area contributed by atoms with Crippen molar-refractivity contribution < 1.29 is 9.59 Å². The predicted molar refractivity (Wildman–Crippen MR) is 81.0 cm³/mol. The number of halogens is 1. The Morgan fingerprint density at radius 2 is 2.00 bits per heavy atom. The van der Waals surface area contributed by atoms with E-state index in [9.17, 15) is 9.59 Å². The Bertz CT molecular complexity index is 686. The summed E-state index contributed by atoms with van der Waals surface area (Å²) in [4.78, 5) is 27.1. The number of rotatable bonds is 4. The monoisotopic (exact) mass is 304 g/mol. The number of nitrogens with zero attached hydrogens (tertiary/aromatic N) is 1. The number of nitrogens with two attached hydrogens (primary N) is 2. The molecule has 5 N–H and O–H groups in total. The number of aromatic nitrogens is 1. The fourth-order valence-corrected chi connectivity index (χ4v) is 1.84. The van der Waals surface area contributed by atoms with Crippen molar-refractivity contribution in [2.45, 2.75) is 6.42 Å². The molecule has 0 saturated carbocycles. The summed E-state index contributed by atoms with van der Waals surface area (Å²) in [7, 11) is 0. The lowest BCUT2D eigenvalue weighted by atomic mass is 10.2. The average molecular weight is 305 g/mol. The van der Waals surface area contributed by atoms with Crippen molar-refractivity contribution in [3.8, 4) is 0 Å². The standard InChI is InChI=1S/C14H13ClN4O2/c15-11-4-1-8(14(17)21)5-12(11)19-13(20)6-10-3-2-9(16)7-18-10/h1-5,7H,6,16H2,(H2,17,21)(H,19,20). The number of primary amides is 1. The van der Waals surface area contributed by atoms with Gasteiger partial charge in [0, 0.05) is 11.3 Å². The van der Waals surface area contributed by atoms with Gasteiger partial charge in [0.15, 0.2) is 0 Å². The molecule has 1 heterocycles. The van der Waals surface area contributed by atoms with Gasteiger partial charge < -0.3 is 16.8 Å². The lowest BCUT2D eigenvalue weighted by Crippen LogP contribution is -2.17. The highest BCUT2D eigenvalue weighted by molar-refractivity contribution is 6.33. The number of nitrogens with one attached hydrogen (secondary N) is 1. The summed E-state index contributed by atoms with van der Waals surface area (Å²) in [6, 6.07) is 7.74. The number of carbonyl (C=O) groups excluding carboxylic acids is 2. The second-order valence-electron chi connectivity index (χ2n) is 4.37. The van der Waals surface area contributed by atoms with E-state index in [1.54, 1.807) is 12.1 Å². The molecule has 1 aromatic carbocycles. The van der Waals surface area contributed by atoms with Crippen LogP contribution < -0.4 is 16.8 Å². The molecule has 108 valence electrons. The molecular formula is C14H13ClN4O2. The van der Waals surface area contributed by atoms with Gasteiger partial charge in [-0.25, -0.2) is 0 Å². The van der Waals surface area contributed by atoms with Gasteiger partial charge in [0.1, 0.15) is 0 Å². The van der Waals surface area contributed by atoms with E-state index in [0.717, 1.165) is 0 Å². The molecule has 0 atom stereocenters. The third-order valence-corrected chi connectivity index (χ3v) is 3.04. The first kappa shape index (κ1) is 14.8. The second kappa shape index (κ2) is 6.23. The Labute approximate surface area is 126 Å². The van der Waals surface area contributed by atoms with Crippen molar-refractivity contribution in [1.29, 1.82) is 0 Å². The van der Waals surface area contributed by atoms with Crippen molar-refractivity contribution in [3.63, 3.8) is 0 Å². The van der Waals surface area contributed by atoms with E-state index in [1.807, 2.05) is 0 Å². The van der Waals surface area contributed by atoms with Crippen LogP contribution in [-0.4, -0.2) is 16.8 Å². The highest BCUT2D eigenvalue weighted by atomic mass is 35.5. The van der Waals surface area contributed by atoms with E-state index in [0.29, 0.717) is 22.1 Å². The van der Waals surface area contributed by atoms with Crippen LogP contribution in [-0.2, 0) is 11.2 Å². The van der Waals surface area contributed by atoms with Gasteiger partial charge in [-0.2, -0.15) is 0 Å². The van der Waals surface area contributed by atoms with Crippen molar-refractivity contribution in [1.82, 2.24) is 4.98 Å². The molecular weight excluding hydrogens is 292 g/mol. The van der Waals surface area contributed by atoms with Gasteiger partial charge in [-0.1, -0.05) is 11.6 Å². The van der Waals surface area contributed by atoms with Crippen LogP contribution in [0.2, 0.25) is 5.02 Å². The number of nitrogen functional groups attached to an aromatic ring is 1. The van der Waals surface area contributed by atoms with Crippen molar-refractivity contribution >= 4 is 34.8 Å². The van der Waals surface area contributed by atoms with Crippen molar-refractivity contribution in [3.05, 3.63) is 52.8 Å². The quantitative estimate of drug-likeness (QED) is 0.796. The molecule has 2 amide bonds. The zero-order chi connectivity index (χ0) is 15.4. The van der Waals surface area contributed by atoms with E-state index >= 15 is 0 Å². The second-order valence-corrected chi connectivity index (χ2v) is 4.77. The third-order valence-electron chi connectivity index (χ3n) is 2.71. The summed E-state index contributed by atoms with van der Waals surface area (Å²) in [6.45, 7) is 0. The van der Waals surface area contributed by atoms with Crippen LogP contribution in [0.1, 0.15) is 16.1 Å². The Morgan fingerprint density at radius 3 is 2.62 bits per heavy atom. The minimum absolute atomic E-state index is 0.0669. The van der Waals surface area contributed by atoms with Gasteiger partial charge in [-0.3, -0.25) is 14.6 Å². The molecule has 0 bridgehead atoms. The van der Waals surface area contributed by atoms with Crippen LogP contribution in [0, 0.1) is 0 Å². The third kappa shape index (κ3) is 3.93. The first-order valence-corrected chi connectivity index (χ1v) is 6.43. The zero-order valence-electron chi connectivity index (χ0n) is 11.0. The number of carbonyl (C=O) groups is 2. The number of pyridine rings is 1. The molecule has 0 radical (unpaired) electrons. The minimum Gasteiger partial charge on any atom is -0.397 e. The summed E-state index contributed by atoms with van der Waals surface area (Å²) in [5.74, 6) is -0.904. The molecule has 0 aliphatic rings. The first-order chi connectivity index (χ1) is 9.95. The topological polar surface area (TPSA) is 111 Å². The number of benzene rings is 1. The molecule has 6 nitrogen and oxygen atoms in total. The Balaban J connectivity index is 2.10. The fraction of sp³-hybridized carbons (Fsp3) is 0.0714. The van der Waals surface area contributed by atoms with Crippen LogP contribution in [0.5, 0.6) is 0 Å². The summed E-state index contributed by atoms with van der Waals surface area (Å²) >= 11 is 5.97. The smallest absolute Gasteiger partial charge is 0.248 e. The van der Waals surface area contributed by atoms with Gasteiger partial charge in [0.2, 0.25) is 11.8 Å². The largest absolute Gasteiger partial charge is 0.397 e. The highest BCUT2D eigenvalue weighted by Crippen LogP contribution is 2.23. The number of hydrogen-bond acceptors (Lipinski definition) is 4. The summed E-state index contributed by atoms with van der Waals surface area (Å²) in [5, 5.41) is 2.94. The molecule has 2 aromatic rings. The van der Waals surface area contributed by atoms with E-state index in [2.05, 4.69) is 10.3 Å². The van der Waals surface area contributed by atoms with Crippen LogP contribution in [0.3, 0.4) is 0 Å². The normalized spacial score (nSPS) is 10.1. The lowest BCUT2D eigenvalue weighted by Gasteiger charge is -2.08. The Kier molecular flexibility index (Phi) is 4.39. The first-order valence-electron chi connectivity index (χ1n) is 6.05. The van der Waals surface area contributed by atoms with Crippen LogP contribution in [0.4, 0.5) is 11.4 Å². The van der Waals surface area contributed by atoms with Crippen LogP contribution >= 0.6 is 11.6 Å². The summed E-state index contributed by atoms with van der Waals surface area (Å²) < 4.78 is 0. The van der Waals surface area contributed by atoms with Gasteiger partial charge in [0.05, 0.1) is 29.0 Å². The molecule has 0 aliphatic heterocycles. The average Bonchev–Trinajstić information content (AvgIpc) is 2.43. The molecule has 0 fully saturated rings. The number of hydrogen-bond donors (Lipinski definition) is 3. The maximum Gasteiger partial charge on any atom is 0.248 e. The molecule has 0 unspecified atom stereocenters. The van der Waals surface area contributed by atoms with Crippen LogP contribution in [0.25, 0.3) is 0 Å². The number of amides is 2. The van der Waals surface area contributed by atoms with E-state index < -0.39 is 5.91 Å². The van der Waals surface area contributed by atoms with Gasteiger partial charge in [0.25, 0.3) is 0 Å². The Morgan fingerprint density at radius 1 is 1.24 bits per heavy atom. The zero-order valence-corrected chi connectivity index (χ0v) is 11.7. The minimum atomic E-state index is -0.595. The lowest BCUT2D eigenvalue weighted by molar-refractivity contribution is -0.115. The van der Waals surface area contributed by atoms with Gasteiger partial charge in [-0.05, 0) is 30.3 Å². The maximum atomic E-state index is 11.9. The SMILES string of the molecule is NC(=O)c1ccc(Cl)c(NC(=O)Cc2ccc(N)cn2)c1.